The summed E-state index contributed by atoms with van der Waals surface area (Å²) in [4.78, 5) is 18.7. The van der Waals surface area contributed by atoms with E-state index >= 15 is 0 Å². The van der Waals surface area contributed by atoms with Crippen molar-refractivity contribution in [1.29, 1.82) is 0 Å². The van der Waals surface area contributed by atoms with Gasteiger partial charge in [-0.1, -0.05) is 6.07 Å². The van der Waals surface area contributed by atoms with Crippen LogP contribution in [0.5, 0.6) is 0 Å². The number of amides is 1. The van der Waals surface area contributed by atoms with Crippen LogP contribution in [0.3, 0.4) is 0 Å². The fraction of sp³-hybridized carbons (Fsp3) is 0.500. The van der Waals surface area contributed by atoms with Crippen molar-refractivity contribution in [3.63, 3.8) is 0 Å². The number of hydrogen-bond acceptors (Lipinski definition) is 4. The topological polar surface area (TPSA) is 82.7 Å². The number of pyridine rings is 1. The number of piperidine rings is 1. The molecule has 0 atom stereocenters. The summed E-state index contributed by atoms with van der Waals surface area (Å²) < 4.78 is 0. The summed E-state index contributed by atoms with van der Waals surface area (Å²) in [6.07, 6.45) is 0.772. The molecule has 1 aliphatic rings. The Hall–Kier alpha value is -1.98. The molecule has 0 saturated carbocycles. The molecule has 1 aromatic heterocycles. The predicted octanol–water partition coefficient (Wildman–Crippen LogP) is 1.24. The lowest BCUT2D eigenvalue weighted by molar-refractivity contribution is 0.131. The summed E-state index contributed by atoms with van der Waals surface area (Å²) in [6, 6.07) is 5.67. The Morgan fingerprint density at radius 2 is 2.17 bits per heavy atom. The van der Waals surface area contributed by atoms with Gasteiger partial charge in [0.25, 0.3) is 0 Å². The average Bonchev–Trinajstić information content (AvgIpc) is 2.38. The first-order valence-corrected chi connectivity index (χ1v) is 6.01. The van der Waals surface area contributed by atoms with Gasteiger partial charge in [-0.2, -0.15) is 0 Å². The van der Waals surface area contributed by atoms with Gasteiger partial charge in [0.15, 0.2) is 0 Å². The van der Waals surface area contributed by atoms with E-state index in [-0.39, 0.29) is 6.04 Å². The number of anilines is 2. The van der Waals surface area contributed by atoms with Gasteiger partial charge in [0.05, 0.1) is 0 Å². The Labute approximate surface area is 106 Å². The van der Waals surface area contributed by atoms with Crippen molar-refractivity contribution >= 4 is 17.7 Å². The van der Waals surface area contributed by atoms with Crippen LogP contribution >= 0.6 is 0 Å². The molecule has 1 aliphatic heterocycles. The molecule has 0 unspecified atom stereocenters. The first-order valence-electron chi connectivity index (χ1n) is 6.01. The van der Waals surface area contributed by atoms with Crippen LogP contribution in [-0.2, 0) is 0 Å². The van der Waals surface area contributed by atoms with Gasteiger partial charge in [-0.25, -0.2) is 9.78 Å². The molecule has 0 aliphatic carbocycles. The van der Waals surface area contributed by atoms with E-state index in [2.05, 4.69) is 9.88 Å². The minimum Gasteiger partial charge on any atom is -0.465 e. The van der Waals surface area contributed by atoms with Crippen LogP contribution in [0, 0.1) is 0 Å². The minimum atomic E-state index is -0.865. The number of nitrogens with zero attached hydrogens (tertiary/aromatic N) is 3. The fourth-order valence-electron chi connectivity index (χ4n) is 2.25. The lowest BCUT2D eigenvalue weighted by atomic mass is 10.0. The highest BCUT2D eigenvalue weighted by Gasteiger charge is 2.25. The molecule has 18 heavy (non-hydrogen) atoms. The third-order valence-electron chi connectivity index (χ3n) is 3.39. The highest BCUT2D eigenvalue weighted by atomic mass is 16.4. The third kappa shape index (κ3) is 2.64. The van der Waals surface area contributed by atoms with Gasteiger partial charge >= 0.3 is 6.09 Å². The summed E-state index contributed by atoms with van der Waals surface area (Å²) in [7, 11) is 1.63. The van der Waals surface area contributed by atoms with Crippen molar-refractivity contribution in [1.82, 2.24) is 9.88 Å². The highest BCUT2D eigenvalue weighted by molar-refractivity contribution is 5.65. The zero-order valence-corrected chi connectivity index (χ0v) is 10.4. The molecule has 2 rings (SSSR count). The number of rotatable bonds is 2. The molecule has 1 saturated heterocycles. The van der Waals surface area contributed by atoms with Crippen molar-refractivity contribution < 1.29 is 9.90 Å². The van der Waals surface area contributed by atoms with Crippen molar-refractivity contribution in [3.05, 3.63) is 18.2 Å². The zero-order chi connectivity index (χ0) is 13.1. The summed E-state index contributed by atoms with van der Waals surface area (Å²) >= 11 is 0. The van der Waals surface area contributed by atoms with Gasteiger partial charge in [0.2, 0.25) is 0 Å². The standard InChI is InChI=1S/C12H18N4O2/c1-15(12(17)18)9-5-7-16(8-6-9)11-4-2-3-10(13)14-11/h2-4,9H,5-8H2,1H3,(H2,13,14)(H,17,18). The van der Waals surface area contributed by atoms with Gasteiger partial charge in [-0.05, 0) is 25.0 Å². The fourth-order valence-corrected chi connectivity index (χ4v) is 2.25. The Kier molecular flexibility index (Phi) is 3.55. The van der Waals surface area contributed by atoms with E-state index in [1.54, 1.807) is 13.1 Å². The number of nitrogens with two attached hydrogens (primary N) is 1. The predicted molar refractivity (Wildman–Crippen MR) is 69.7 cm³/mol. The largest absolute Gasteiger partial charge is 0.465 e. The number of carbonyl (C=O) groups is 1. The molecule has 2 heterocycles. The Balaban J connectivity index is 1.96. The molecular weight excluding hydrogens is 232 g/mol. The molecule has 1 aromatic rings. The van der Waals surface area contributed by atoms with Gasteiger partial charge < -0.3 is 20.6 Å². The SMILES string of the molecule is CN(C(=O)O)C1CCN(c2cccc(N)n2)CC1. The molecule has 1 fully saturated rings. The molecule has 6 nitrogen and oxygen atoms in total. The number of nitrogen functional groups attached to an aromatic ring is 1. The highest BCUT2D eigenvalue weighted by Crippen LogP contribution is 2.21. The normalized spacial score (nSPS) is 16.6. The van der Waals surface area contributed by atoms with Crippen LogP contribution < -0.4 is 10.6 Å². The molecule has 1 amide bonds. The van der Waals surface area contributed by atoms with Gasteiger partial charge in [0, 0.05) is 26.2 Å². The second-order valence-electron chi connectivity index (χ2n) is 4.53. The maximum atomic E-state index is 10.9. The van der Waals surface area contributed by atoms with E-state index in [0.717, 1.165) is 31.7 Å². The van der Waals surface area contributed by atoms with E-state index in [1.807, 2.05) is 12.1 Å². The summed E-state index contributed by atoms with van der Waals surface area (Å²) in [5.41, 5.74) is 5.66. The minimum absolute atomic E-state index is 0.0970. The van der Waals surface area contributed by atoms with Gasteiger partial charge in [-0.3, -0.25) is 0 Å². The molecular formula is C12H18N4O2. The van der Waals surface area contributed by atoms with Crippen molar-refractivity contribution in [2.45, 2.75) is 18.9 Å². The summed E-state index contributed by atoms with van der Waals surface area (Å²) in [6.45, 7) is 1.61. The van der Waals surface area contributed by atoms with Crippen molar-refractivity contribution in [3.8, 4) is 0 Å². The molecule has 98 valence electrons. The monoisotopic (exact) mass is 250 g/mol. The molecule has 3 N–H and O–H groups in total. The quantitative estimate of drug-likeness (QED) is 0.825. The maximum Gasteiger partial charge on any atom is 0.407 e. The van der Waals surface area contributed by atoms with E-state index in [0.29, 0.717) is 5.82 Å². The molecule has 6 heteroatoms. The first kappa shape index (κ1) is 12.5. The second kappa shape index (κ2) is 5.12. The van der Waals surface area contributed by atoms with Gasteiger partial charge in [0.1, 0.15) is 11.6 Å². The summed E-state index contributed by atoms with van der Waals surface area (Å²) in [5, 5.41) is 8.94. The lowest BCUT2D eigenvalue weighted by Gasteiger charge is -2.36. The molecule has 0 radical (unpaired) electrons. The Bertz CT molecular complexity index is 430. The van der Waals surface area contributed by atoms with Crippen LogP contribution in [0.2, 0.25) is 0 Å². The zero-order valence-electron chi connectivity index (χ0n) is 10.4. The third-order valence-corrected chi connectivity index (χ3v) is 3.39. The van der Waals surface area contributed by atoms with E-state index in [1.165, 1.54) is 4.90 Å². The lowest BCUT2D eigenvalue weighted by Crippen LogP contribution is -2.45. The van der Waals surface area contributed by atoms with E-state index < -0.39 is 6.09 Å². The molecule has 0 aromatic carbocycles. The average molecular weight is 250 g/mol. The van der Waals surface area contributed by atoms with Crippen LogP contribution in [0.1, 0.15) is 12.8 Å². The first-order chi connectivity index (χ1) is 8.58. The van der Waals surface area contributed by atoms with E-state index in [9.17, 15) is 4.79 Å². The van der Waals surface area contributed by atoms with E-state index in [4.69, 9.17) is 10.8 Å². The Morgan fingerprint density at radius 3 is 2.72 bits per heavy atom. The second-order valence-corrected chi connectivity index (χ2v) is 4.53. The molecule has 0 bridgehead atoms. The van der Waals surface area contributed by atoms with Crippen LogP contribution in [0.15, 0.2) is 18.2 Å². The smallest absolute Gasteiger partial charge is 0.407 e. The number of carboxylic acid groups (broad SMARTS) is 1. The van der Waals surface area contributed by atoms with Crippen molar-refractivity contribution in [2.75, 3.05) is 30.8 Å². The van der Waals surface area contributed by atoms with Crippen LogP contribution in [0.4, 0.5) is 16.4 Å². The summed E-state index contributed by atoms with van der Waals surface area (Å²) in [5.74, 6) is 1.38. The Morgan fingerprint density at radius 1 is 1.50 bits per heavy atom. The number of aromatic nitrogens is 1. The number of hydrogen-bond donors (Lipinski definition) is 2. The van der Waals surface area contributed by atoms with Crippen LogP contribution in [-0.4, -0.2) is 47.3 Å². The van der Waals surface area contributed by atoms with Crippen LogP contribution in [0.25, 0.3) is 0 Å². The van der Waals surface area contributed by atoms with Gasteiger partial charge in [-0.15, -0.1) is 0 Å². The maximum absolute atomic E-state index is 10.9. The van der Waals surface area contributed by atoms with Crippen molar-refractivity contribution in [2.24, 2.45) is 0 Å². The molecule has 0 spiro atoms.